The fraction of sp³-hybridized carbons (Fsp3) is 0.125. The lowest BCUT2D eigenvalue weighted by Crippen LogP contribution is -1.89. The molecular weight excluding hydrogens is 236 g/mol. The molecule has 0 spiro atoms. The molecule has 3 heteroatoms. The highest BCUT2D eigenvalue weighted by atomic mass is 16.6. The van der Waals surface area contributed by atoms with Gasteiger partial charge in [0.2, 0.25) is 0 Å². The zero-order valence-corrected chi connectivity index (χ0v) is 10.6. The second-order valence-corrected chi connectivity index (χ2v) is 4.16. The van der Waals surface area contributed by atoms with Crippen LogP contribution in [0.5, 0.6) is 0 Å². The highest BCUT2D eigenvalue weighted by Crippen LogP contribution is 2.06. The molecule has 0 amide bonds. The predicted octanol–water partition coefficient (Wildman–Crippen LogP) is 3.29. The summed E-state index contributed by atoms with van der Waals surface area (Å²) < 4.78 is 0. The molecule has 0 saturated carbocycles. The van der Waals surface area contributed by atoms with E-state index in [1.54, 1.807) is 12.1 Å². The fourth-order valence-corrected chi connectivity index (χ4v) is 1.64. The molecule has 0 bridgehead atoms. The van der Waals surface area contributed by atoms with E-state index in [0.29, 0.717) is 12.2 Å². The lowest BCUT2D eigenvalue weighted by molar-refractivity contribution is 0.132. The van der Waals surface area contributed by atoms with Crippen molar-refractivity contribution in [2.75, 3.05) is 0 Å². The van der Waals surface area contributed by atoms with E-state index in [1.807, 2.05) is 43.3 Å². The summed E-state index contributed by atoms with van der Waals surface area (Å²) in [7, 11) is 0. The molecule has 2 aromatic rings. The van der Waals surface area contributed by atoms with E-state index < -0.39 is 0 Å². The van der Waals surface area contributed by atoms with E-state index in [0.717, 1.165) is 16.7 Å². The average molecular weight is 249 g/mol. The van der Waals surface area contributed by atoms with Crippen LogP contribution in [0.15, 0.2) is 53.7 Å². The maximum Gasteiger partial charge on any atom is 0.142 e. The summed E-state index contributed by atoms with van der Waals surface area (Å²) in [6.07, 6.45) is 2.82. The molecule has 0 atom stereocenters. The topological polar surface area (TPSA) is 45.4 Å². The molecule has 93 valence electrons. The number of hydrogen-bond donors (Lipinski definition) is 0. The van der Waals surface area contributed by atoms with Crippen LogP contribution in [0, 0.1) is 18.3 Å². The summed E-state index contributed by atoms with van der Waals surface area (Å²) in [6.45, 7) is 2.34. The van der Waals surface area contributed by atoms with Gasteiger partial charge < -0.3 is 4.84 Å². The number of aryl methyl sites for hydroxylation is 1. The predicted molar refractivity (Wildman–Crippen MR) is 73.7 cm³/mol. The van der Waals surface area contributed by atoms with Crippen LogP contribution >= 0.6 is 0 Å². The van der Waals surface area contributed by atoms with E-state index in [2.05, 4.69) is 17.4 Å². The quantitative estimate of drug-likeness (QED) is 0.616. The first-order valence-electron chi connectivity index (χ1n) is 5.91. The maximum absolute atomic E-state index is 8.78. The Bertz CT molecular complexity index is 627. The summed E-state index contributed by atoms with van der Waals surface area (Å²) in [6, 6.07) is 17.2. The molecule has 3 nitrogen and oxygen atoms in total. The zero-order chi connectivity index (χ0) is 13.5. The zero-order valence-electron chi connectivity index (χ0n) is 10.6. The van der Waals surface area contributed by atoms with Crippen LogP contribution in [-0.2, 0) is 11.4 Å². The smallest absolute Gasteiger partial charge is 0.142 e. The molecule has 0 N–H and O–H groups in total. The molecule has 0 aliphatic rings. The van der Waals surface area contributed by atoms with Crippen molar-refractivity contribution < 1.29 is 4.84 Å². The minimum absolute atomic E-state index is 0.328. The molecule has 2 rings (SSSR count). The first kappa shape index (κ1) is 12.8. The van der Waals surface area contributed by atoms with Crippen molar-refractivity contribution in [2.24, 2.45) is 5.16 Å². The molecule has 0 aliphatic heterocycles. The largest absolute Gasteiger partial charge is 0.390 e. The second kappa shape index (κ2) is 6.36. The highest BCUT2D eigenvalue weighted by Gasteiger charge is 1.95. The molecule has 0 fully saturated rings. The van der Waals surface area contributed by atoms with Gasteiger partial charge in [-0.25, -0.2) is 0 Å². The number of nitriles is 1. The number of nitrogens with zero attached hydrogens (tertiary/aromatic N) is 2. The molecule has 2 aromatic carbocycles. The third kappa shape index (κ3) is 3.97. The number of rotatable bonds is 4. The maximum atomic E-state index is 8.78. The Morgan fingerprint density at radius 1 is 1.11 bits per heavy atom. The van der Waals surface area contributed by atoms with Crippen molar-refractivity contribution in [1.29, 1.82) is 5.26 Å². The lowest BCUT2D eigenvalue weighted by Gasteiger charge is -2.00. The Hall–Kier alpha value is -2.60. The highest BCUT2D eigenvalue weighted by molar-refractivity contribution is 5.79. The van der Waals surface area contributed by atoms with Gasteiger partial charge >= 0.3 is 0 Å². The second-order valence-electron chi connectivity index (χ2n) is 4.16. The van der Waals surface area contributed by atoms with Gasteiger partial charge in [0.1, 0.15) is 12.8 Å². The Morgan fingerprint density at radius 3 is 2.68 bits per heavy atom. The van der Waals surface area contributed by atoms with Crippen LogP contribution in [0.4, 0.5) is 0 Å². The van der Waals surface area contributed by atoms with Crippen LogP contribution in [0.3, 0.4) is 0 Å². The molecule has 19 heavy (non-hydrogen) atoms. The monoisotopic (exact) mass is 249 g/mol. The minimum atomic E-state index is 0.328. The van der Waals surface area contributed by atoms with E-state index in [-0.39, 0.29) is 0 Å². The number of benzene rings is 2. The third-order valence-electron chi connectivity index (χ3n) is 2.54. The first-order valence-corrected chi connectivity index (χ1v) is 5.91. The van der Waals surface area contributed by atoms with Crippen molar-refractivity contribution in [3.8, 4) is 6.07 Å². The van der Waals surface area contributed by atoms with Gasteiger partial charge in [0.25, 0.3) is 0 Å². The van der Waals surface area contributed by atoms with E-state index in [1.165, 1.54) is 0 Å². The minimum Gasteiger partial charge on any atom is -0.390 e. The standard InChI is InChI=1S/C16H13N2O/c1-13-4-2-6-15(8-13)11-18-19-12-16-7-3-5-14(9-16)10-17/h2-9H,12H2,1H3. The van der Waals surface area contributed by atoms with Crippen molar-refractivity contribution in [1.82, 2.24) is 0 Å². The van der Waals surface area contributed by atoms with Crippen LogP contribution in [0.25, 0.3) is 0 Å². The third-order valence-corrected chi connectivity index (χ3v) is 2.54. The summed E-state index contributed by atoms with van der Waals surface area (Å²) in [5.74, 6) is 0. The van der Waals surface area contributed by atoms with Gasteiger partial charge in [0.05, 0.1) is 11.6 Å². The Morgan fingerprint density at radius 2 is 1.89 bits per heavy atom. The molecular formula is C16H13N2O. The van der Waals surface area contributed by atoms with Crippen LogP contribution in [0.1, 0.15) is 22.3 Å². The summed E-state index contributed by atoms with van der Waals surface area (Å²) in [5, 5.41) is 12.6. The Balaban J connectivity index is 1.91. The van der Waals surface area contributed by atoms with Gasteiger partial charge in [-0.3, -0.25) is 0 Å². The molecule has 0 unspecified atom stereocenters. The van der Waals surface area contributed by atoms with E-state index in [4.69, 9.17) is 10.1 Å². The Labute approximate surface area is 112 Å². The van der Waals surface area contributed by atoms with E-state index in [9.17, 15) is 0 Å². The summed E-state index contributed by atoms with van der Waals surface area (Å²) in [4.78, 5) is 5.17. The Kier molecular flexibility index (Phi) is 4.30. The van der Waals surface area contributed by atoms with Gasteiger partial charge in [-0.15, -0.1) is 0 Å². The van der Waals surface area contributed by atoms with Gasteiger partial charge in [-0.2, -0.15) is 5.26 Å². The molecule has 0 aliphatic carbocycles. The van der Waals surface area contributed by atoms with Crippen molar-refractivity contribution >= 4 is 6.21 Å². The van der Waals surface area contributed by atoms with Gasteiger partial charge in [0, 0.05) is 5.56 Å². The fourth-order valence-electron chi connectivity index (χ4n) is 1.64. The van der Waals surface area contributed by atoms with Crippen molar-refractivity contribution in [2.45, 2.75) is 13.5 Å². The summed E-state index contributed by atoms with van der Waals surface area (Å²) >= 11 is 0. The van der Waals surface area contributed by atoms with Crippen LogP contribution in [0.2, 0.25) is 0 Å². The molecule has 0 heterocycles. The molecule has 1 radical (unpaired) electrons. The lowest BCUT2D eigenvalue weighted by atomic mass is 10.1. The summed E-state index contributed by atoms with van der Waals surface area (Å²) in [5.41, 5.74) is 3.56. The SMILES string of the molecule is Cc1cccc(/[C]=N\OCc2cccc(C#N)c2)c1. The van der Waals surface area contributed by atoms with Gasteiger partial charge in [-0.1, -0.05) is 41.1 Å². The molecule has 0 saturated heterocycles. The van der Waals surface area contributed by atoms with Crippen molar-refractivity contribution in [3.63, 3.8) is 0 Å². The van der Waals surface area contributed by atoms with Crippen LogP contribution in [-0.4, -0.2) is 6.21 Å². The van der Waals surface area contributed by atoms with E-state index >= 15 is 0 Å². The molecule has 0 aromatic heterocycles. The first-order chi connectivity index (χ1) is 9.28. The number of hydrogen-bond acceptors (Lipinski definition) is 3. The van der Waals surface area contributed by atoms with Crippen molar-refractivity contribution in [3.05, 3.63) is 70.8 Å². The van der Waals surface area contributed by atoms with Gasteiger partial charge in [0.15, 0.2) is 0 Å². The normalized spacial score (nSPS) is 10.3. The average Bonchev–Trinajstić information content (AvgIpc) is 2.44. The van der Waals surface area contributed by atoms with Crippen LogP contribution < -0.4 is 0 Å². The van der Waals surface area contributed by atoms with Gasteiger partial charge in [-0.05, 0) is 30.7 Å².